The number of H-pyrrole nitrogens is 1. The van der Waals surface area contributed by atoms with E-state index in [0.717, 1.165) is 0 Å². The highest BCUT2D eigenvalue weighted by atomic mass is 16.5. The van der Waals surface area contributed by atoms with Crippen LogP contribution in [0.5, 0.6) is 0 Å². The third-order valence-electron chi connectivity index (χ3n) is 3.38. The van der Waals surface area contributed by atoms with Crippen molar-refractivity contribution in [2.45, 2.75) is 24.9 Å². The summed E-state index contributed by atoms with van der Waals surface area (Å²) in [5.74, 6) is 0.417. The van der Waals surface area contributed by atoms with Crippen LogP contribution < -0.4 is 10.9 Å². The molecule has 3 atom stereocenters. The second kappa shape index (κ2) is 4.85. The lowest BCUT2D eigenvalue weighted by atomic mass is 10.2. The largest absolute Gasteiger partial charge is 0.394 e. The number of ether oxygens (including phenoxy) is 1. The predicted molar refractivity (Wildman–Crippen MR) is 69.3 cm³/mol. The van der Waals surface area contributed by atoms with Gasteiger partial charge in [0.1, 0.15) is 12.3 Å². The van der Waals surface area contributed by atoms with Crippen molar-refractivity contribution in [2.75, 3.05) is 19.0 Å². The normalized spacial score (nSPS) is 26.2. The maximum Gasteiger partial charge on any atom is 0.278 e. The van der Waals surface area contributed by atoms with Crippen LogP contribution in [0.2, 0.25) is 0 Å². The summed E-state index contributed by atoms with van der Waals surface area (Å²) in [6.07, 6.45) is -0.376. The van der Waals surface area contributed by atoms with Crippen molar-refractivity contribution in [2.24, 2.45) is 0 Å². The molecule has 0 unspecified atom stereocenters. The Hall–Kier alpha value is -1.97. The van der Waals surface area contributed by atoms with E-state index in [2.05, 4.69) is 20.3 Å². The summed E-state index contributed by atoms with van der Waals surface area (Å²) in [6.45, 7) is -0.271. The van der Waals surface area contributed by atoms with Gasteiger partial charge in [-0.1, -0.05) is 0 Å². The number of fused-ring (bicyclic) bond motifs is 1. The topological polar surface area (TPSA) is 125 Å². The molecule has 1 aliphatic heterocycles. The van der Waals surface area contributed by atoms with Crippen molar-refractivity contribution >= 4 is 17.1 Å². The standard InChI is InChI=1S/C11H15N5O4/c1-12-11-15-8-9(13-4-14-10(8)19)16(11)7-2-5(18)6(3-17)20-7/h4-7,17-18H,2-3H2,1H3,(H,12,15)(H,13,14,19)/t5-,6+,7+/m1/s1. The summed E-state index contributed by atoms with van der Waals surface area (Å²) >= 11 is 0. The monoisotopic (exact) mass is 281 g/mol. The number of aromatic nitrogens is 4. The predicted octanol–water partition coefficient (Wildman–Crippen LogP) is -1.20. The van der Waals surface area contributed by atoms with E-state index in [1.54, 1.807) is 11.6 Å². The zero-order valence-corrected chi connectivity index (χ0v) is 10.8. The van der Waals surface area contributed by atoms with Crippen LogP contribution in [0, 0.1) is 0 Å². The lowest BCUT2D eigenvalue weighted by Crippen LogP contribution is -2.24. The Morgan fingerprint density at radius 1 is 1.65 bits per heavy atom. The average Bonchev–Trinajstić information content (AvgIpc) is 2.99. The van der Waals surface area contributed by atoms with E-state index in [9.17, 15) is 9.90 Å². The first-order chi connectivity index (χ1) is 9.65. The van der Waals surface area contributed by atoms with Gasteiger partial charge in [0, 0.05) is 13.5 Å². The maximum atomic E-state index is 11.7. The van der Waals surface area contributed by atoms with Gasteiger partial charge in [-0.05, 0) is 0 Å². The summed E-state index contributed by atoms with van der Waals surface area (Å²) < 4.78 is 7.20. The minimum atomic E-state index is -0.769. The molecule has 3 heterocycles. The molecule has 0 aromatic carbocycles. The van der Waals surface area contributed by atoms with Gasteiger partial charge < -0.3 is 25.3 Å². The van der Waals surface area contributed by atoms with Gasteiger partial charge in [-0.2, -0.15) is 0 Å². The molecule has 20 heavy (non-hydrogen) atoms. The van der Waals surface area contributed by atoms with Crippen LogP contribution in [0.4, 0.5) is 5.95 Å². The van der Waals surface area contributed by atoms with Crippen molar-refractivity contribution in [1.82, 2.24) is 19.5 Å². The van der Waals surface area contributed by atoms with Crippen LogP contribution in [-0.4, -0.2) is 55.6 Å². The van der Waals surface area contributed by atoms with Gasteiger partial charge in [-0.15, -0.1) is 0 Å². The van der Waals surface area contributed by atoms with Gasteiger partial charge in [0.25, 0.3) is 5.56 Å². The van der Waals surface area contributed by atoms with Crippen molar-refractivity contribution in [1.29, 1.82) is 0 Å². The Bertz CT molecular complexity index is 681. The SMILES string of the molecule is CNc1nc2c(=O)[nH]cnc2n1[C@@H]1C[C@@H](O)[C@H](CO)O1. The van der Waals surface area contributed by atoms with Crippen LogP contribution >= 0.6 is 0 Å². The highest BCUT2D eigenvalue weighted by Crippen LogP contribution is 2.32. The van der Waals surface area contributed by atoms with Crippen LogP contribution in [0.25, 0.3) is 11.2 Å². The van der Waals surface area contributed by atoms with Crippen LogP contribution in [-0.2, 0) is 4.74 Å². The van der Waals surface area contributed by atoms with E-state index >= 15 is 0 Å². The summed E-state index contributed by atoms with van der Waals surface area (Å²) in [6, 6.07) is 0. The number of aromatic amines is 1. The molecule has 0 spiro atoms. The Morgan fingerprint density at radius 3 is 3.10 bits per heavy atom. The zero-order valence-electron chi connectivity index (χ0n) is 10.8. The molecule has 0 amide bonds. The number of nitrogens with one attached hydrogen (secondary N) is 2. The molecule has 9 nitrogen and oxygen atoms in total. The zero-order chi connectivity index (χ0) is 14.3. The van der Waals surface area contributed by atoms with Crippen molar-refractivity contribution in [3.8, 4) is 0 Å². The first-order valence-corrected chi connectivity index (χ1v) is 6.23. The lowest BCUT2D eigenvalue weighted by Gasteiger charge is -2.16. The number of aliphatic hydroxyl groups excluding tert-OH is 2. The van der Waals surface area contributed by atoms with Gasteiger partial charge >= 0.3 is 0 Å². The molecular formula is C11H15N5O4. The molecule has 1 saturated heterocycles. The Kier molecular flexibility index (Phi) is 3.16. The minimum Gasteiger partial charge on any atom is -0.394 e. The second-order valence-corrected chi connectivity index (χ2v) is 4.57. The average molecular weight is 281 g/mol. The first-order valence-electron chi connectivity index (χ1n) is 6.23. The van der Waals surface area contributed by atoms with Crippen molar-refractivity contribution in [3.63, 3.8) is 0 Å². The number of anilines is 1. The molecule has 9 heteroatoms. The van der Waals surface area contributed by atoms with Gasteiger partial charge in [0.05, 0.1) is 19.0 Å². The van der Waals surface area contributed by atoms with Gasteiger partial charge in [0.15, 0.2) is 11.2 Å². The van der Waals surface area contributed by atoms with Crippen molar-refractivity contribution < 1.29 is 14.9 Å². The van der Waals surface area contributed by atoms with Crippen LogP contribution in [0.15, 0.2) is 11.1 Å². The van der Waals surface area contributed by atoms with Crippen molar-refractivity contribution in [3.05, 3.63) is 16.7 Å². The third kappa shape index (κ3) is 1.87. The number of rotatable bonds is 3. The summed E-state index contributed by atoms with van der Waals surface area (Å²) in [5.41, 5.74) is 0.221. The molecule has 4 N–H and O–H groups in total. The number of imidazole rings is 1. The quantitative estimate of drug-likeness (QED) is 0.557. The summed E-state index contributed by atoms with van der Waals surface area (Å²) in [4.78, 5) is 22.5. The molecule has 2 aromatic heterocycles. The van der Waals surface area contributed by atoms with Gasteiger partial charge in [0.2, 0.25) is 5.95 Å². The fourth-order valence-corrected chi connectivity index (χ4v) is 2.41. The number of hydrogen-bond donors (Lipinski definition) is 4. The van der Waals surface area contributed by atoms with E-state index in [-0.39, 0.29) is 17.7 Å². The van der Waals surface area contributed by atoms with E-state index in [1.807, 2.05) is 0 Å². The van der Waals surface area contributed by atoms with Gasteiger partial charge in [-0.25, -0.2) is 9.97 Å². The highest BCUT2D eigenvalue weighted by molar-refractivity contribution is 5.73. The van der Waals surface area contributed by atoms with E-state index < -0.39 is 18.4 Å². The molecule has 0 radical (unpaired) electrons. The van der Waals surface area contributed by atoms with Crippen LogP contribution in [0.3, 0.4) is 0 Å². The molecule has 1 aliphatic rings. The Balaban J connectivity index is 2.11. The number of hydrogen-bond acceptors (Lipinski definition) is 7. The Labute approximate surface area is 113 Å². The van der Waals surface area contributed by atoms with E-state index in [1.165, 1.54) is 6.33 Å². The molecule has 3 rings (SSSR count). The fraction of sp³-hybridized carbons (Fsp3) is 0.545. The third-order valence-corrected chi connectivity index (χ3v) is 3.38. The Morgan fingerprint density at radius 2 is 2.45 bits per heavy atom. The maximum absolute atomic E-state index is 11.7. The number of nitrogens with zero attached hydrogens (tertiary/aromatic N) is 3. The summed E-state index contributed by atoms with van der Waals surface area (Å²) in [7, 11) is 1.67. The molecule has 108 valence electrons. The van der Waals surface area contributed by atoms with E-state index in [4.69, 9.17) is 9.84 Å². The van der Waals surface area contributed by atoms with Crippen LogP contribution in [0.1, 0.15) is 12.6 Å². The smallest absolute Gasteiger partial charge is 0.278 e. The minimum absolute atomic E-state index is 0.197. The second-order valence-electron chi connectivity index (χ2n) is 4.57. The highest BCUT2D eigenvalue weighted by Gasteiger charge is 2.36. The molecule has 0 aliphatic carbocycles. The first kappa shape index (κ1) is 13.0. The van der Waals surface area contributed by atoms with E-state index in [0.29, 0.717) is 18.0 Å². The number of aliphatic hydroxyl groups is 2. The summed E-state index contributed by atoms with van der Waals surface area (Å²) in [5, 5.41) is 21.8. The molecule has 2 aromatic rings. The molecule has 0 saturated carbocycles. The molecule has 0 bridgehead atoms. The lowest BCUT2D eigenvalue weighted by molar-refractivity contribution is -0.0425. The van der Waals surface area contributed by atoms with Gasteiger partial charge in [-0.3, -0.25) is 9.36 Å². The molecule has 1 fully saturated rings. The fourth-order valence-electron chi connectivity index (χ4n) is 2.41. The molecular weight excluding hydrogens is 266 g/mol.